The normalized spacial score (nSPS) is 27.1. The summed E-state index contributed by atoms with van der Waals surface area (Å²) in [7, 11) is 1.56. The summed E-state index contributed by atoms with van der Waals surface area (Å²) in [4.78, 5) is 27.2. The highest BCUT2D eigenvalue weighted by Crippen LogP contribution is 2.26. The molecule has 2 saturated heterocycles. The lowest BCUT2D eigenvalue weighted by atomic mass is 9.93. The van der Waals surface area contributed by atoms with Crippen LogP contribution in [0.5, 0.6) is 0 Å². The van der Waals surface area contributed by atoms with Crippen molar-refractivity contribution < 1.29 is 19.4 Å². The number of hydrogen-bond donors (Lipinski definition) is 1. The van der Waals surface area contributed by atoms with Crippen molar-refractivity contribution in [3.05, 3.63) is 0 Å². The number of aliphatic carboxylic acids is 1. The molecule has 0 bridgehead atoms. The Labute approximate surface area is 126 Å². The molecule has 0 aromatic heterocycles. The molecule has 2 rings (SSSR count). The predicted octanol–water partition coefficient (Wildman–Crippen LogP) is 1.79. The Kier molecular flexibility index (Phi) is 5.45. The molecule has 120 valence electrons. The molecule has 0 radical (unpaired) electrons. The third-order valence-electron chi connectivity index (χ3n) is 4.71. The van der Waals surface area contributed by atoms with E-state index in [1.807, 2.05) is 0 Å². The maximum absolute atomic E-state index is 12.6. The van der Waals surface area contributed by atoms with Crippen LogP contribution >= 0.6 is 0 Å². The number of likely N-dealkylation sites (tertiary alicyclic amines) is 2. The lowest BCUT2D eigenvalue weighted by molar-refractivity contribution is -0.141. The number of methoxy groups -OCH3 is 1. The Morgan fingerprint density at radius 1 is 1.29 bits per heavy atom. The summed E-state index contributed by atoms with van der Waals surface area (Å²) in [5.41, 5.74) is 0. The Hall–Kier alpha value is -1.30. The van der Waals surface area contributed by atoms with Gasteiger partial charge in [-0.2, -0.15) is 0 Å². The summed E-state index contributed by atoms with van der Waals surface area (Å²) in [6, 6.07) is -0.896. The zero-order valence-electron chi connectivity index (χ0n) is 13.0. The van der Waals surface area contributed by atoms with Crippen molar-refractivity contribution in [1.29, 1.82) is 0 Å². The van der Waals surface area contributed by atoms with Crippen molar-refractivity contribution in [1.82, 2.24) is 9.80 Å². The molecule has 2 atom stereocenters. The number of carboxylic acid groups (broad SMARTS) is 1. The van der Waals surface area contributed by atoms with Gasteiger partial charge in [0.15, 0.2) is 0 Å². The summed E-state index contributed by atoms with van der Waals surface area (Å²) in [6.45, 7) is 4.04. The number of carboxylic acids is 1. The first-order valence-electron chi connectivity index (χ1n) is 7.88. The van der Waals surface area contributed by atoms with Crippen LogP contribution in [-0.2, 0) is 9.53 Å². The number of urea groups is 1. The third-order valence-corrected chi connectivity index (χ3v) is 4.71. The number of ether oxygens (including phenoxy) is 1. The lowest BCUT2D eigenvalue weighted by Gasteiger charge is -2.35. The number of hydrogen-bond acceptors (Lipinski definition) is 3. The highest BCUT2D eigenvalue weighted by molar-refractivity contribution is 5.83. The van der Waals surface area contributed by atoms with Gasteiger partial charge in [-0.05, 0) is 18.8 Å². The van der Waals surface area contributed by atoms with Crippen molar-refractivity contribution >= 4 is 12.0 Å². The molecule has 0 spiro atoms. The summed E-state index contributed by atoms with van der Waals surface area (Å²) in [5.74, 6) is -0.233. The van der Waals surface area contributed by atoms with E-state index in [9.17, 15) is 14.7 Å². The summed E-state index contributed by atoms with van der Waals surface area (Å²) in [5, 5.41) is 9.29. The largest absolute Gasteiger partial charge is 0.480 e. The van der Waals surface area contributed by atoms with E-state index in [0.717, 1.165) is 25.9 Å². The monoisotopic (exact) mass is 298 g/mol. The summed E-state index contributed by atoms with van der Waals surface area (Å²) < 4.78 is 5.23. The zero-order valence-corrected chi connectivity index (χ0v) is 13.0. The van der Waals surface area contributed by atoms with Gasteiger partial charge in [-0.25, -0.2) is 9.59 Å². The maximum atomic E-state index is 12.6. The maximum Gasteiger partial charge on any atom is 0.326 e. The van der Waals surface area contributed by atoms with Crippen LogP contribution in [0.1, 0.15) is 39.0 Å². The van der Waals surface area contributed by atoms with E-state index in [4.69, 9.17) is 4.74 Å². The Morgan fingerprint density at radius 2 is 1.95 bits per heavy atom. The molecule has 6 nitrogen and oxygen atoms in total. The molecule has 2 aliphatic heterocycles. The Bertz CT molecular complexity index is 380. The van der Waals surface area contributed by atoms with Crippen molar-refractivity contribution in [2.75, 3.05) is 26.7 Å². The van der Waals surface area contributed by atoms with Gasteiger partial charge in [0.2, 0.25) is 0 Å². The van der Waals surface area contributed by atoms with Crippen LogP contribution in [0.4, 0.5) is 4.79 Å². The molecule has 0 aromatic carbocycles. The highest BCUT2D eigenvalue weighted by Gasteiger charge is 2.41. The summed E-state index contributed by atoms with van der Waals surface area (Å²) in [6.07, 6.45) is 4.66. The first kappa shape index (κ1) is 16.1. The SMILES string of the molecule is CCCC1CCN(C(=O)N2CC(OC)CC2C(=O)O)CC1. The van der Waals surface area contributed by atoms with Crippen molar-refractivity contribution in [3.8, 4) is 0 Å². The van der Waals surface area contributed by atoms with Crippen LogP contribution < -0.4 is 0 Å². The zero-order chi connectivity index (χ0) is 15.4. The van der Waals surface area contributed by atoms with E-state index in [2.05, 4.69) is 6.92 Å². The number of piperidine rings is 1. The second-order valence-corrected chi connectivity index (χ2v) is 6.10. The molecule has 6 heteroatoms. The van der Waals surface area contributed by atoms with Crippen molar-refractivity contribution in [2.24, 2.45) is 5.92 Å². The van der Waals surface area contributed by atoms with Gasteiger partial charge in [-0.3, -0.25) is 0 Å². The van der Waals surface area contributed by atoms with Crippen LogP contribution in [0.15, 0.2) is 0 Å². The average Bonchev–Trinajstić information content (AvgIpc) is 2.92. The van der Waals surface area contributed by atoms with Gasteiger partial charge in [0, 0.05) is 33.2 Å². The molecular formula is C15H26N2O4. The van der Waals surface area contributed by atoms with Crippen molar-refractivity contribution in [2.45, 2.75) is 51.2 Å². The first-order chi connectivity index (χ1) is 10.1. The molecule has 2 amide bonds. The van der Waals surface area contributed by atoms with E-state index in [1.54, 1.807) is 12.0 Å². The quantitative estimate of drug-likeness (QED) is 0.859. The molecule has 0 aromatic rings. The molecule has 2 heterocycles. The fraction of sp³-hybridized carbons (Fsp3) is 0.867. The Morgan fingerprint density at radius 3 is 2.48 bits per heavy atom. The van der Waals surface area contributed by atoms with E-state index in [0.29, 0.717) is 18.9 Å². The van der Waals surface area contributed by atoms with Gasteiger partial charge in [0.1, 0.15) is 6.04 Å². The van der Waals surface area contributed by atoms with Crippen LogP contribution in [0, 0.1) is 5.92 Å². The van der Waals surface area contributed by atoms with Gasteiger partial charge >= 0.3 is 12.0 Å². The number of carbonyl (C=O) groups is 2. The van der Waals surface area contributed by atoms with Gasteiger partial charge in [-0.1, -0.05) is 19.8 Å². The first-order valence-corrected chi connectivity index (χ1v) is 7.88. The van der Waals surface area contributed by atoms with E-state index in [1.165, 1.54) is 17.7 Å². The van der Waals surface area contributed by atoms with Crippen LogP contribution in [0.2, 0.25) is 0 Å². The van der Waals surface area contributed by atoms with Crippen LogP contribution in [0.25, 0.3) is 0 Å². The third kappa shape index (κ3) is 3.67. The summed E-state index contributed by atoms with van der Waals surface area (Å²) >= 11 is 0. The van der Waals surface area contributed by atoms with Gasteiger partial charge in [0.05, 0.1) is 6.10 Å². The van der Waals surface area contributed by atoms with Crippen LogP contribution in [0.3, 0.4) is 0 Å². The number of amides is 2. The molecule has 2 aliphatic rings. The smallest absolute Gasteiger partial charge is 0.326 e. The standard InChI is InChI=1S/C15H26N2O4/c1-3-4-11-5-7-16(8-6-11)15(20)17-10-12(21-2)9-13(17)14(18)19/h11-13H,3-10H2,1-2H3,(H,18,19). The minimum absolute atomic E-state index is 0.142. The number of rotatable bonds is 4. The van der Waals surface area contributed by atoms with E-state index >= 15 is 0 Å². The highest BCUT2D eigenvalue weighted by atomic mass is 16.5. The average molecular weight is 298 g/mol. The number of nitrogens with zero attached hydrogens (tertiary/aromatic N) is 2. The fourth-order valence-electron chi connectivity index (χ4n) is 3.42. The second kappa shape index (κ2) is 7.11. The van der Waals surface area contributed by atoms with Crippen LogP contribution in [-0.4, -0.2) is 65.8 Å². The molecule has 2 fully saturated rings. The Balaban J connectivity index is 1.94. The van der Waals surface area contributed by atoms with Gasteiger partial charge in [-0.15, -0.1) is 0 Å². The molecule has 0 saturated carbocycles. The molecule has 0 aliphatic carbocycles. The lowest BCUT2D eigenvalue weighted by Crippen LogP contribution is -2.50. The topological polar surface area (TPSA) is 70.1 Å². The minimum Gasteiger partial charge on any atom is -0.480 e. The molecule has 1 N–H and O–H groups in total. The molecular weight excluding hydrogens is 272 g/mol. The van der Waals surface area contributed by atoms with E-state index in [-0.39, 0.29) is 12.1 Å². The number of carbonyl (C=O) groups excluding carboxylic acids is 1. The predicted molar refractivity (Wildman–Crippen MR) is 78.1 cm³/mol. The second-order valence-electron chi connectivity index (χ2n) is 6.10. The molecule has 21 heavy (non-hydrogen) atoms. The van der Waals surface area contributed by atoms with E-state index < -0.39 is 12.0 Å². The molecule has 2 unspecified atom stereocenters. The fourth-order valence-corrected chi connectivity index (χ4v) is 3.42. The van der Waals surface area contributed by atoms with Gasteiger partial charge in [0.25, 0.3) is 0 Å². The van der Waals surface area contributed by atoms with Crippen molar-refractivity contribution in [3.63, 3.8) is 0 Å². The minimum atomic E-state index is -0.941. The van der Waals surface area contributed by atoms with Gasteiger partial charge < -0.3 is 19.6 Å².